The van der Waals surface area contributed by atoms with Gasteiger partial charge >= 0.3 is 5.97 Å². The van der Waals surface area contributed by atoms with Gasteiger partial charge in [-0.25, -0.2) is 0 Å². The maximum absolute atomic E-state index is 12.0. The fourth-order valence-corrected chi connectivity index (χ4v) is 1.67. The van der Waals surface area contributed by atoms with Gasteiger partial charge in [0.05, 0.1) is 19.8 Å². The van der Waals surface area contributed by atoms with Crippen molar-refractivity contribution in [3.63, 3.8) is 0 Å². The third-order valence-electron chi connectivity index (χ3n) is 2.57. The highest BCUT2D eigenvalue weighted by atomic mass is 16.5. The molecule has 7 heteroatoms. The van der Waals surface area contributed by atoms with Crippen molar-refractivity contribution >= 4 is 11.8 Å². The predicted molar refractivity (Wildman–Crippen MR) is 77.2 cm³/mol. The summed E-state index contributed by atoms with van der Waals surface area (Å²) in [7, 11) is 0. The number of aliphatic hydroxyl groups excluding tert-OH is 2. The molecule has 7 nitrogen and oxygen atoms in total. The Balaban J connectivity index is 2.86. The zero-order chi connectivity index (χ0) is 16.4. The van der Waals surface area contributed by atoms with E-state index in [1.54, 1.807) is 6.92 Å². The van der Waals surface area contributed by atoms with Gasteiger partial charge in [0.1, 0.15) is 19.6 Å². The van der Waals surface area contributed by atoms with E-state index in [9.17, 15) is 9.59 Å². The van der Waals surface area contributed by atoms with Gasteiger partial charge in [0.2, 0.25) is 0 Å². The monoisotopic (exact) mass is 312 g/mol. The second-order valence-electron chi connectivity index (χ2n) is 4.21. The van der Waals surface area contributed by atoms with E-state index in [0.29, 0.717) is 5.75 Å². The van der Waals surface area contributed by atoms with Crippen LogP contribution in [-0.2, 0) is 9.53 Å². The van der Waals surface area contributed by atoms with Crippen LogP contribution in [0.25, 0.3) is 0 Å². The zero-order valence-electron chi connectivity index (χ0n) is 12.4. The quantitative estimate of drug-likeness (QED) is 0.370. The van der Waals surface area contributed by atoms with Crippen molar-refractivity contribution < 1.29 is 34.0 Å². The summed E-state index contributed by atoms with van der Waals surface area (Å²) in [5.74, 6) is -0.390. The third-order valence-corrected chi connectivity index (χ3v) is 2.57. The maximum Gasteiger partial charge on any atom is 0.313 e. The topological polar surface area (TPSA) is 102 Å². The van der Waals surface area contributed by atoms with Crippen LogP contribution in [-0.4, -0.2) is 55.0 Å². The molecular formula is C15H20O7. The summed E-state index contributed by atoms with van der Waals surface area (Å²) in [4.78, 5) is 23.3. The van der Waals surface area contributed by atoms with Crippen molar-refractivity contribution in [2.45, 2.75) is 13.3 Å². The maximum atomic E-state index is 12.0. The molecule has 0 heterocycles. The first kappa shape index (κ1) is 17.9. The number of Topliss-reactive ketones (excluding diaryl/α,β-unsaturated/α-hetero) is 1. The smallest absolute Gasteiger partial charge is 0.313 e. The number of ether oxygens (including phenoxy) is 3. The van der Waals surface area contributed by atoms with Gasteiger partial charge in [0.25, 0.3) is 0 Å². The molecule has 2 N–H and O–H groups in total. The highest BCUT2D eigenvalue weighted by Gasteiger charge is 2.15. The summed E-state index contributed by atoms with van der Waals surface area (Å²) in [6.07, 6.45) is -0.357. The van der Waals surface area contributed by atoms with E-state index >= 15 is 0 Å². The minimum absolute atomic E-state index is 0.0327. The molecule has 0 fully saturated rings. The third kappa shape index (κ3) is 5.71. The number of ketones is 1. The summed E-state index contributed by atoms with van der Waals surface area (Å²) in [5, 5.41) is 17.6. The summed E-state index contributed by atoms with van der Waals surface area (Å²) in [5.41, 5.74) is 0.275. The van der Waals surface area contributed by atoms with Crippen LogP contribution >= 0.6 is 0 Å². The van der Waals surface area contributed by atoms with E-state index in [4.69, 9.17) is 24.4 Å². The van der Waals surface area contributed by atoms with Crippen LogP contribution in [0.4, 0.5) is 0 Å². The highest BCUT2D eigenvalue weighted by molar-refractivity contribution is 6.06. The van der Waals surface area contributed by atoms with Crippen molar-refractivity contribution in [1.29, 1.82) is 0 Å². The summed E-state index contributed by atoms with van der Waals surface area (Å²) >= 11 is 0. The largest absolute Gasteiger partial charge is 0.487 e. The Bertz CT molecular complexity index is 499. The minimum Gasteiger partial charge on any atom is -0.487 e. The summed E-state index contributed by atoms with van der Waals surface area (Å²) in [6, 6.07) is 4.45. The molecule has 0 aliphatic rings. The van der Waals surface area contributed by atoms with Gasteiger partial charge in [0, 0.05) is 5.56 Å². The lowest BCUT2D eigenvalue weighted by molar-refractivity contribution is -0.141. The van der Waals surface area contributed by atoms with Crippen molar-refractivity contribution in [1.82, 2.24) is 0 Å². The molecule has 0 bridgehead atoms. The van der Waals surface area contributed by atoms with E-state index in [-0.39, 0.29) is 50.8 Å². The van der Waals surface area contributed by atoms with Crippen LogP contribution in [0.15, 0.2) is 18.2 Å². The molecule has 0 atom stereocenters. The van der Waals surface area contributed by atoms with Crippen LogP contribution < -0.4 is 9.47 Å². The first-order valence-corrected chi connectivity index (χ1v) is 6.92. The fraction of sp³-hybridized carbons (Fsp3) is 0.467. The highest BCUT2D eigenvalue weighted by Crippen LogP contribution is 2.29. The first-order chi connectivity index (χ1) is 10.6. The molecule has 22 heavy (non-hydrogen) atoms. The number of carbonyl (C=O) groups excluding carboxylic acids is 2. The van der Waals surface area contributed by atoms with Gasteiger partial charge in [0.15, 0.2) is 17.3 Å². The van der Waals surface area contributed by atoms with Crippen molar-refractivity contribution in [3.05, 3.63) is 23.8 Å². The molecule has 0 spiro atoms. The van der Waals surface area contributed by atoms with Crippen LogP contribution in [0.1, 0.15) is 23.7 Å². The lowest BCUT2D eigenvalue weighted by Gasteiger charge is -2.13. The summed E-state index contributed by atoms with van der Waals surface area (Å²) in [6.45, 7) is 1.63. The van der Waals surface area contributed by atoms with Crippen molar-refractivity contribution in [3.8, 4) is 11.5 Å². The number of hydrogen-bond donors (Lipinski definition) is 2. The molecule has 0 saturated carbocycles. The van der Waals surface area contributed by atoms with Crippen LogP contribution in [0.2, 0.25) is 0 Å². The van der Waals surface area contributed by atoms with E-state index in [0.717, 1.165) is 0 Å². The summed E-state index contributed by atoms with van der Waals surface area (Å²) < 4.78 is 15.3. The number of rotatable bonds is 10. The second-order valence-corrected chi connectivity index (χ2v) is 4.21. The molecule has 1 rings (SSSR count). The number of esters is 1. The Kier molecular flexibility index (Phi) is 7.95. The number of carbonyl (C=O) groups is 2. The van der Waals surface area contributed by atoms with Crippen molar-refractivity contribution in [2.75, 3.05) is 33.0 Å². The normalized spacial score (nSPS) is 10.1. The van der Waals surface area contributed by atoms with E-state index in [2.05, 4.69) is 0 Å². The Morgan fingerprint density at radius 3 is 2.27 bits per heavy atom. The average molecular weight is 312 g/mol. The number of aliphatic hydroxyl groups is 2. The SMILES string of the molecule is CCOC(=O)CC(=O)c1ccc(OCCO)c(OCCO)c1. The van der Waals surface area contributed by atoms with E-state index in [1.165, 1.54) is 18.2 Å². The zero-order valence-corrected chi connectivity index (χ0v) is 12.4. The minimum atomic E-state index is -0.592. The van der Waals surface area contributed by atoms with Crippen LogP contribution in [0.5, 0.6) is 11.5 Å². The van der Waals surface area contributed by atoms with E-state index in [1.807, 2.05) is 0 Å². The van der Waals surface area contributed by atoms with Gasteiger partial charge in [-0.1, -0.05) is 0 Å². The van der Waals surface area contributed by atoms with Gasteiger partial charge in [-0.15, -0.1) is 0 Å². The predicted octanol–water partition coefficient (Wildman–Crippen LogP) is 0.565. The molecule has 1 aromatic rings. The van der Waals surface area contributed by atoms with Gasteiger partial charge in [-0.05, 0) is 25.1 Å². The standard InChI is InChI=1S/C15H20O7/c1-2-20-15(19)10-12(18)11-3-4-13(21-7-5-16)14(9-11)22-8-6-17/h3-4,9,16-17H,2,5-8,10H2,1H3. The Labute approximate surface area is 128 Å². The Morgan fingerprint density at radius 2 is 1.68 bits per heavy atom. The molecule has 0 amide bonds. The van der Waals surface area contributed by atoms with Gasteiger partial charge in [-0.3, -0.25) is 9.59 Å². The molecular weight excluding hydrogens is 292 g/mol. The Hall–Kier alpha value is -2.12. The molecule has 0 saturated heterocycles. The molecule has 1 aromatic carbocycles. The molecule has 0 aliphatic carbocycles. The van der Waals surface area contributed by atoms with Gasteiger partial charge in [-0.2, -0.15) is 0 Å². The average Bonchev–Trinajstić information content (AvgIpc) is 2.51. The van der Waals surface area contributed by atoms with Crippen molar-refractivity contribution in [2.24, 2.45) is 0 Å². The van der Waals surface area contributed by atoms with Crippen LogP contribution in [0, 0.1) is 0 Å². The second kappa shape index (κ2) is 9.75. The molecule has 0 aliphatic heterocycles. The van der Waals surface area contributed by atoms with Crippen LogP contribution in [0.3, 0.4) is 0 Å². The van der Waals surface area contributed by atoms with Gasteiger partial charge < -0.3 is 24.4 Å². The molecule has 122 valence electrons. The van der Waals surface area contributed by atoms with E-state index < -0.39 is 11.8 Å². The number of benzene rings is 1. The molecule has 0 aromatic heterocycles. The number of hydrogen-bond acceptors (Lipinski definition) is 7. The molecule has 0 radical (unpaired) electrons. The first-order valence-electron chi connectivity index (χ1n) is 6.92. The lowest BCUT2D eigenvalue weighted by atomic mass is 10.1. The lowest BCUT2D eigenvalue weighted by Crippen LogP contribution is -2.12. The fourth-order valence-electron chi connectivity index (χ4n) is 1.67. The Morgan fingerprint density at radius 1 is 1.05 bits per heavy atom. The molecule has 0 unspecified atom stereocenters.